The number of nitrogens with zero attached hydrogens (tertiary/aromatic N) is 1. The molecule has 1 rings (SSSR count). The monoisotopic (exact) mass is 210 g/mol. The van der Waals surface area contributed by atoms with Crippen LogP contribution in [0.5, 0.6) is 0 Å². The molecule has 0 spiro atoms. The highest BCUT2D eigenvalue weighted by atomic mass is 16.2. The molecule has 2 amide bonds. The lowest BCUT2D eigenvalue weighted by molar-refractivity contribution is -0.109. The van der Waals surface area contributed by atoms with Gasteiger partial charge in [-0.25, -0.2) is 4.98 Å². The van der Waals surface area contributed by atoms with Gasteiger partial charge in [-0.2, -0.15) is 0 Å². The van der Waals surface area contributed by atoms with Crippen LogP contribution in [-0.2, 0) is 4.79 Å². The van der Waals surface area contributed by atoms with Crippen molar-refractivity contribution in [3.63, 3.8) is 0 Å². The molecule has 6 heteroatoms. The van der Waals surface area contributed by atoms with Crippen molar-refractivity contribution in [1.29, 1.82) is 0 Å². The van der Waals surface area contributed by atoms with Gasteiger partial charge in [0.1, 0.15) is 11.5 Å². The second-order valence-corrected chi connectivity index (χ2v) is 3.06. The molecule has 1 heterocycles. The van der Waals surface area contributed by atoms with Crippen LogP contribution >= 0.6 is 0 Å². The van der Waals surface area contributed by atoms with Crippen molar-refractivity contribution in [2.45, 2.75) is 13.3 Å². The first-order valence-corrected chi connectivity index (χ1v) is 4.71. The maximum Gasteiger partial charge on any atom is 0.269 e. The highest BCUT2D eigenvalue weighted by molar-refractivity contribution is 5.92. The number of rotatable bonds is 6. The summed E-state index contributed by atoms with van der Waals surface area (Å²) in [4.78, 5) is 28.1. The van der Waals surface area contributed by atoms with Crippen LogP contribution in [-0.4, -0.2) is 35.4 Å². The van der Waals surface area contributed by atoms with E-state index < -0.39 is 0 Å². The molecule has 0 aliphatic rings. The first kappa shape index (κ1) is 11.2. The Labute approximate surface area is 87.5 Å². The molecule has 0 bridgehead atoms. The van der Waals surface area contributed by atoms with Crippen LogP contribution in [0, 0.1) is 6.92 Å². The van der Waals surface area contributed by atoms with Crippen LogP contribution < -0.4 is 10.6 Å². The first-order chi connectivity index (χ1) is 7.24. The summed E-state index contributed by atoms with van der Waals surface area (Å²) < 4.78 is 0. The van der Waals surface area contributed by atoms with Gasteiger partial charge >= 0.3 is 0 Å². The maximum atomic E-state index is 11.4. The van der Waals surface area contributed by atoms with Crippen LogP contribution in [0.4, 0.5) is 0 Å². The second-order valence-electron chi connectivity index (χ2n) is 3.06. The molecule has 1 aromatic heterocycles. The molecule has 0 atom stereocenters. The summed E-state index contributed by atoms with van der Waals surface area (Å²) in [6.45, 7) is 2.87. The molecule has 0 aliphatic carbocycles. The summed E-state index contributed by atoms with van der Waals surface area (Å²) in [6.07, 6.45) is 2.84. The zero-order valence-electron chi connectivity index (χ0n) is 8.54. The van der Waals surface area contributed by atoms with Gasteiger partial charge in [0.25, 0.3) is 5.91 Å². The SMILES string of the molecule is Cc1ncc(C(=O)NCCCNC=O)[nH]1. The zero-order chi connectivity index (χ0) is 11.1. The Morgan fingerprint density at radius 1 is 1.60 bits per heavy atom. The summed E-state index contributed by atoms with van der Waals surface area (Å²) in [6, 6.07) is 0. The lowest BCUT2D eigenvalue weighted by atomic mass is 10.4. The third kappa shape index (κ3) is 3.80. The molecule has 6 nitrogen and oxygen atoms in total. The van der Waals surface area contributed by atoms with Crippen molar-refractivity contribution in [2.75, 3.05) is 13.1 Å². The van der Waals surface area contributed by atoms with E-state index in [-0.39, 0.29) is 5.91 Å². The van der Waals surface area contributed by atoms with Crippen molar-refractivity contribution >= 4 is 12.3 Å². The van der Waals surface area contributed by atoms with Crippen molar-refractivity contribution in [2.24, 2.45) is 0 Å². The summed E-state index contributed by atoms with van der Waals surface area (Å²) in [5.41, 5.74) is 0.454. The average molecular weight is 210 g/mol. The number of imidazole rings is 1. The Morgan fingerprint density at radius 2 is 2.40 bits per heavy atom. The quantitative estimate of drug-likeness (QED) is 0.440. The standard InChI is InChI=1S/C9H14N4O2/c1-7-12-5-8(13-7)9(15)11-4-2-3-10-6-14/h5-6H,2-4H2,1H3,(H,10,14)(H,11,15)(H,12,13). The normalized spacial score (nSPS) is 9.67. The Kier molecular flexibility index (Phi) is 4.33. The Morgan fingerprint density at radius 3 is 3.00 bits per heavy atom. The van der Waals surface area contributed by atoms with Crippen LogP contribution in [0.25, 0.3) is 0 Å². The van der Waals surface area contributed by atoms with Crippen LogP contribution in [0.1, 0.15) is 22.7 Å². The highest BCUT2D eigenvalue weighted by Gasteiger charge is 2.06. The fraction of sp³-hybridized carbons (Fsp3) is 0.444. The molecular formula is C9H14N4O2. The van der Waals surface area contributed by atoms with Crippen LogP contribution in [0.3, 0.4) is 0 Å². The summed E-state index contributed by atoms with van der Waals surface area (Å²) >= 11 is 0. The third-order valence-corrected chi connectivity index (χ3v) is 1.81. The van der Waals surface area contributed by atoms with Crippen molar-refractivity contribution < 1.29 is 9.59 Å². The molecule has 0 saturated heterocycles. The van der Waals surface area contributed by atoms with Gasteiger partial charge in [-0.3, -0.25) is 9.59 Å². The second kappa shape index (κ2) is 5.79. The number of nitrogens with one attached hydrogen (secondary N) is 3. The number of hydrogen-bond donors (Lipinski definition) is 3. The Bertz CT molecular complexity index is 335. The van der Waals surface area contributed by atoms with Crippen LogP contribution in [0.2, 0.25) is 0 Å². The summed E-state index contributed by atoms with van der Waals surface area (Å²) in [5, 5.41) is 5.22. The minimum absolute atomic E-state index is 0.179. The molecule has 0 saturated carbocycles. The molecule has 15 heavy (non-hydrogen) atoms. The number of aromatic nitrogens is 2. The number of carbonyl (C=O) groups is 2. The number of aryl methyl sites for hydroxylation is 1. The minimum Gasteiger partial charge on any atom is -0.359 e. The molecule has 0 aliphatic heterocycles. The lowest BCUT2D eigenvalue weighted by Crippen LogP contribution is -2.27. The predicted octanol–water partition coefficient (Wildman–Crippen LogP) is -0.416. The van der Waals surface area contributed by atoms with Crippen molar-refractivity contribution in [1.82, 2.24) is 20.6 Å². The molecular weight excluding hydrogens is 196 g/mol. The van der Waals surface area contributed by atoms with Gasteiger partial charge < -0.3 is 15.6 Å². The number of hydrogen-bond acceptors (Lipinski definition) is 3. The van der Waals surface area contributed by atoms with E-state index in [4.69, 9.17) is 0 Å². The highest BCUT2D eigenvalue weighted by Crippen LogP contribution is 1.94. The average Bonchev–Trinajstić information content (AvgIpc) is 2.64. The number of carbonyl (C=O) groups excluding carboxylic acids is 2. The summed E-state index contributed by atoms with van der Waals surface area (Å²) in [5.74, 6) is 0.532. The largest absolute Gasteiger partial charge is 0.359 e. The van der Waals surface area contributed by atoms with Gasteiger partial charge in [0, 0.05) is 13.1 Å². The molecule has 3 N–H and O–H groups in total. The van der Waals surface area contributed by atoms with Gasteiger partial charge in [-0.1, -0.05) is 0 Å². The number of amides is 2. The molecule has 0 unspecified atom stereocenters. The van der Waals surface area contributed by atoms with Gasteiger partial charge in [0.05, 0.1) is 6.20 Å². The van der Waals surface area contributed by atoms with Gasteiger partial charge in [-0.05, 0) is 13.3 Å². The summed E-state index contributed by atoms with van der Waals surface area (Å²) in [7, 11) is 0. The molecule has 82 valence electrons. The predicted molar refractivity (Wildman–Crippen MR) is 54.3 cm³/mol. The van der Waals surface area contributed by atoms with E-state index in [9.17, 15) is 9.59 Å². The fourth-order valence-corrected chi connectivity index (χ4v) is 1.08. The van der Waals surface area contributed by atoms with Gasteiger partial charge in [0.15, 0.2) is 0 Å². The Hall–Kier alpha value is -1.85. The Balaban J connectivity index is 2.22. The van der Waals surface area contributed by atoms with E-state index >= 15 is 0 Å². The lowest BCUT2D eigenvalue weighted by Gasteiger charge is -2.02. The van der Waals surface area contributed by atoms with E-state index in [1.165, 1.54) is 6.20 Å². The number of aromatic amines is 1. The molecule has 1 aromatic rings. The topological polar surface area (TPSA) is 86.9 Å². The van der Waals surface area contributed by atoms with E-state index in [0.29, 0.717) is 37.4 Å². The molecule has 0 fully saturated rings. The van der Waals surface area contributed by atoms with E-state index in [1.54, 1.807) is 6.92 Å². The van der Waals surface area contributed by atoms with Gasteiger partial charge in [0.2, 0.25) is 6.41 Å². The first-order valence-electron chi connectivity index (χ1n) is 4.71. The zero-order valence-corrected chi connectivity index (χ0v) is 8.54. The third-order valence-electron chi connectivity index (χ3n) is 1.81. The van der Waals surface area contributed by atoms with E-state index in [0.717, 1.165) is 0 Å². The molecule has 0 radical (unpaired) electrons. The maximum absolute atomic E-state index is 11.4. The van der Waals surface area contributed by atoms with Crippen LogP contribution in [0.15, 0.2) is 6.20 Å². The van der Waals surface area contributed by atoms with Crippen molar-refractivity contribution in [3.8, 4) is 0 Å². The van der Waals surface area contributed by atoms with Gasteiger partial charge in [-0.15, -0.1) is 0 Å². The van der Waals surface area contributed by atoms with E-state index in [2.05, 4.69) is 20.6 Å². The smallest absolute Gasteiger partial charge is 0.269 e. The molecule has 0 aromatic carbocycles. The van der Waals surface area contributed by atoms with Crippen molar-refractivity contribution in [3.05, 3.63) is 17.7 Å². The van der Waals surface area contributed by atoms with E-state index in [1.807, 2.05) is 0 Å². The number of H-pyrrole nitrogens is 1. The fourth-order valence-electron chi connectivity index (χ4n) is 1.08. The minimum atomic E-state index is -0.179.